The fourth-order valence-electron chi connectivity index (χ4n) is 2.59. The first-order valence-electron chi connectivity index (χ1n) is 8.69. The third kappa shape index (κ3) is 4.79. The van der Waals surface area contributed by atoms with E-state index in [4.69, 9.17) is 16.3 Å². The number of nitrogens with zero attached hydrogens (tertiary/aromatic N) is 8. The highest BCUT2D eigenvalue weighted by Gasteiger charge is 2.11. The number of benzene rings is 1. The van der Waals surface area contributed by atoms with E-state index in [2.05, 4.69) is 40.8 Å². The second kappa shape index (κ2) is 8.57. The van der Waals surface area contributed by atoms with E-state index < -0.39 is 0 Å². The van der Waals surface area contributed by atoms with Crippen molar-refractivity contribution in [3.05, 3.63) is 60.7 Å². The Bertz CT molecular complexity index is 1060. The highest BCUT2D eigenvalue weighted by Crippen LogP contribution is 2.31. The lowest BCUT2D eigenvalue weighted by Crippen LogP contribution is -2.20. The number of aromatic nitrogens is 8. The van der Waals surface area contributed by atoms with Gasteiger partial charge in [-0.2, -0.15) is 0 Å². The van der Waals surface area contributed by atoms with Gasteiger partial charge in [-0.1, -0.05) is 17.7 Å². The quantitative estimate of drug-likeness (QED) is 0.491. The Morgan fingerprint density at radius 1 is 1.10 bits per heavy atom. The van der Waals surface area contributed by atoms with Crippen LogP contribution in [-0.2, 0) is 6.54 Å². The molecule has 0 saturated carbocycles. The molecular weight excluding hydrogens is 394 g/mol. The van der Waals surface area contributed by atoms with Gasteiger partial charge in [-0.05, 0) is 35.0 Å². The van der Waals surface area contributed by atoms with Crippen LogP contribution in [0.2, 0.25) is 5.02 Å². The number of hydrogen-bond donors (Lipinski definition) is 1. The summed E-state index contributed by atoms with van der Waals surface area (Å²) in [6, 6.07) is 5.52. The molecule has 0 amide bonds. The predicted molar refractivity (Wildman–Crippen MR) is 106 cm³/mol. The van der Waals surface area contributed by atoms with Gasteiger partial charge in [0.05, 0.1) is 29.6 Å². The maximum absolute atomic E-state index is 6.30. The minimum absolute atomic E-state index is 0.179. The van der Waals surface area contributed by atoms with Gasteiger partial charge in [-0.3, -0.25) is 0 Å². The number of rotatable bonds is 7. The van der Waals surface area contributed by atoms with Crippen LogP contribution in [-0.4, -0.2) is 46.2 Å². The van der Waals surface area contributed by atoms with Crippen LogP contribution >= 0.6 is 11.6 Å². The van der Waals surface area contributed by atoms with Gasteiger partial charge in [0.25, 0.3) is 0 Å². The van der Waals surface area contributed by atoms with E-state index >= 15 is 0 Å². The SMILES string of the molecule is CC(Cn1cnnn1)Oc1cc(-c2cnc(Nc3cncnc3)nc2)ccc1Cl. The van der Waals surface area contributed by atoms with Crippen LogP contribution in [0.15, 0.2) is 55.6 Å². The zero-order chi connectivity index (χ0) is 20.1. The van der Waals surface area contributed by atoms with Gasteiger partial charge in [0, 0.05) is 18.0 Å². The minimum Gasteiger partial charge on any atom is -0.487 e. The van der Waals surface area contributed by atoms with Gasteiger partial charge in [-0.25, -0.2) is 24.6 Å². The van der Waals surface area contributed by atoms with Crippen molar-refractivity contribution < 1.29 is 4.74 Å². The summed E-state index contributed by atoms with van der Waals surface area (Å²) < 4.78 is 7.56. The fraction of sp³-hybridized carbons (Fsp3) is 0.167. The number of ether oxygens (including phenoxy) is 1. The maximum Gasteiger partial charge on any atom is 0.227 e. The zero-order valence-electron chi connectivity index (χ0n) is 15.3. The molecule has 0 radical (unpaired) electrons. The molecule has 0 bridgehead atoms. The highest BCUT2D eigenvalue weighted by molar-refractivity contribution is 6.32. The Kier molecular flexibility index (Phi) is 5.52. The lowest BCUT2D eigenvalue weighted by molar-refractivity contribution is 0.193. The molecule has 10 nitrogen and oxygen atoms in total. The third-order valence-electron chi connectivity index (χ3n) is 3.90. The van der Waals surface area contributed by atoms with Crippen LogP contribution < -0.4 is 10.1 Å². The van der Waals surface area contributed by atoms with Gasteiger partial charge in [0.15, 0.2) is 0 Å². The average molecular weight is 410 g/mol. The topological polar surface area (TPSA) is 116 Å². The Labute approximate surface area is 171 Å². The van der Waals surface area contributed by atoms with Crippen LogP contribution in [0, 0.1) is 0 Å². The van der Waals surface area contributed by atoms with Gasteiger partial charge in [-0.15, -0.1) is 5.10 Å². The number of tetrazole rings is 1. The Morgan fingerprint density at radius 2 is 1.90 bits per heavy atom. The molecule has 29 heavy (non-hydrogen) atoms. The van der Waals surface area contributed by atoms with Crippen LogP contribution in [0.4, 0.5) is 11.6 Å². The molecule has 0 aliphatic heterocycles. The number of hydrogen-bond acceptors (Lipinski definition) is 9. The number of anilines is 2. The standard InChI is InChI=1S/C18H16ClN9O/c1-12(9-28-11-24-26-27-28)29-17-4-13(2-3-16(17)19)14-5-22-18(23-6-14)25-15-7-20-10-21-8-15/h2-8,10-12H,9H2,1H3,(H,22,23,25). The lowest BCUT2D eigenvalue weighted by atomic mass is 10.1. The maximum atomic E-state index is 6.30. The van der Waals surface area contributed by atoms with Crippen LogP contribution in [0.25, 0.3) is 11.1 Å². The van der Waals surface area contributed by atoms with Gasteiger partial charge >= 0.3 is 0 Å². The summed E-state index contributed by atoms with van der Waals surface area (Å²) in [7, 11) is 0. The van der Waals surface area contributed by atoms with E-state index in [1.54, 1.807) is 35.5 Å². The van der Waals surface area contributed by atoms with Crippen molar-refractivity contribution in [2.75, 3.05) is 5.32 Å². The van der Waals surface area contributed by atoms with Crippen LogP contribution in [0.3, 0.4) is 0 Å². The summed E-state index contributed by atoms with van der Waals surface area (Å²) in [5.41, 5.74) is 2.42. The van der Waals surface area contributed by atoms with Crippen molar-refractivity contribution in [2.45, 2.75) is 19.6 Å². The number of halogens is 1. The van der Waals surface area contributed by atoms with E-state index in [0.29, 0.717) is 29.0 Å². The molecule has 4 rings (SSSR count). The van der Waals surface area contributed by atoms with Crippen molar-refractivity contribution in [3.8, 4) is 16.9 Å². The monoisotopic (exact) mass is 409 g/mol. The molecule has 1 unspecified atom stereocenters. The molecule has 4 aromatic rings. The third-order valence-corrected chi connectivity index (χ3v) is 4.21. The molecular formula is C18H16ClN9O. The van der Waals surface area contributed by atoms with Crippen molar-refractivity contribution in [3.63, 3.8) is 0 Å². The molecule has 1 N–H and O–H groups in total. The first kappa shape index (κ1) is 18.7. The molecule has 11 heteroatoms. The average Bonchev–Trinajstić information content (AvgIpc) is 3.24. The number of nitrogens with one attached hydrogen (secondary N) is 1. The Morgan fingerprint density at radius 3 is 2.62 bits per heavy atom. The molecule has 3 aromatic heterocycles. The first-order valence-corrected chi connectivity index (χ1v) is 9.06. The second-order valence-electron chi connectivity index (χ2n) is 6.15. The van der Waals surface area contributed by atoms with Gasteiger partial charge < -0.3 is 10.1 Å². The van der Waals surface area contributed by atoms with Crippen molar-refractivity contribution in [1.29, 1.82) is 0 Å². The van der Waals surface area contributed by atoms with E-state index in [-0.39, 0.29) is 6.10 Å². The minimum atomic E-state index is -0.179. The van der Waals surface area contributed by atoms with Gasteiger partial charge in [0.1, 0.15) is 24.5 Å². The molecule has 3 heterocycles. The van der Waals surface area contributed by atoms with E-state index in [9.17, 15) is 0 Å². The molecule has 1 aromatic carbocycles. The molecule has 0 aliphatic carbocycles. The second-order valence-corrected chi connectivity index (χ2v) is 6.56. The molecule has 0 fully saturated rings. The van der Waals surface area contributed by atoms with Crippen LogP contribution in [0.1, 0.15) is 6.92 Å². The van der Waals surface area contributed by atoms with Crippen molar-refractivity contribution >= 4 is 23.2 Å². The normalized spacial score (nSPS) is 11.8. The fourth-order valence-corrected chi connectivity index (χ4v) is 2.75. The Hall–Kier alpha value is -3.66. The molecule has 0 saturated heterocycles. The summed E-state index contributed by atoms with van der Waals surface area (Å²) in [6.45, 7) is 2.42. The summed E-state index contributed by atoms with van der Waals surface area (Å²) in [5.74, 6) is 1.01. The molecule has 1 atom stereocenters. The first-order chi connectivity index (χ1) is 14.2. The largest absolute Gasteiger partial charge is 0.487 e. The highest BCUT2D eigenvalue weighted by atomic mass is 35.5. The zero-order valence-corrected chi connectivity index (χ0v) is 16.1. The molecule has 0 aliphatic rings. The lowest BCUT2D eigenvalue weighted by Gasteiger charge is -2.16. The van der Waals surface area contributed by atoms with Gasteiger partial charge in [0.2, 0.25) is 5.95 Å². The summed E-state index contributed by atoms with van der Waals surface area (Å²) in [4.78, 5) is 16.6. The van der Waals surface area contributed by atoms with E-state index in [0.717, 1.165) is 11.1 Å². The molecule has 146 valence electrons. The van der Waals surface area contributed by atoms with Crippen molar-refractivity contribution in [2.24, 2.45) is 0 Å². The molecule has 0 spiro atoms. The van der Waals surface area contributed by atoms with E-state index in [1.807, 2.05) is 19.1 Å². The smallest absolute Gasteiger partial charge is 0.227 e. The summed E-state index contributed by atoms with van der Waals surface area (Å²) >= 11 is 6.30. The summed E-state index contributed by atoms with van der Waals surface area (Å²) in [5, 5.41) is 14.6. The van der Waals surface area contributed by atoms with Crippen molar-refractivity contribution in [1.82, 2.24) is 40.1 Å². The summed E-state index contributed by atoms with van der Waals surface area (Å²) in [6.07, 6.45) is 9.54. The van der Waals surface area contributed by atoms with E-state index in [1.165, 1.54) is 12.7 Å². The predicted octanol–water partition coefficient (Wildman–Crippen LogP) is 2.78. The Balaban J connectivity index is 1.47. The van der Waals surface area contributed by atoms with Crippen LogP contribution in [0.5, 0.6) is 5.75 Å².